The molecule has 5 aromatic rings. The third-order valence-electron chi connectivity index (χ3n) is 5.41. The van der Waals surface area contributed by atoms with Crippen LogP contribution in [0.4, 0.5) is 20.4 Å². The number of alkyl halides is 2. The number of aromatic nitrogens is 4. The first kappa shape index (κ1) is 21.4. The summed E-state index contributed by atoms with van der Waals surface area (Å²) in [5.41, 5.74) is 9.48. The van der Waals surface area contributed by atoms with Crippen LogP contribution < -0.4 is 11.1 Å². The van der Waals surface area contributed by atoms with Crippen LogP contribution in [0.1, 0.15) is 17.6 Å². The zero-order valence-corrected chi connectivity index (χ0v) is 18.0. The number of hydrogen-bond donors (Lipinski definition) is 2. The highest BCUT2D eigenvalue weighted by molar-refractivity contribution is 5.91. The lowest BCUT2D eigenvalue weighted by Crippen LogP contribution is -2.06. The molecule has 0 bridgehead atoms. The second-order valence-electron chi connectivity index (χ2n) is 7.68. The maximum atomic E-state index is 13.6. The summed E-state index contributed by atoms with van der Waals surface area (Å²) in [6.45, 7) is 0.465. The Morgan fingerprint density at radius 2 is 1.68 bits per heavy atom. The molecule has 34 heavy (non-hydrogen) atoms. The van der Waals surface area contributed by atoms with Gasteiger partial charge in [-0.25, -0.2) is 23.7 Å². The highest BCUT2D eigenvalue weighted by Crippen LogP contribution is 2.32. The van der Waals surface area contributed by atoms with Crippen molar-refractivity contribution in [3.05, 3.63) is 96.3 Å². The fourth-order valence-electron chi connectivity index (χ4n) is 3.71. The van der Waals surface area contributed by atoms with Crippen LogP contribution in [0.15, 0.2) is 85.2 Å². The standard InChI is InChI=1S/C26H20F2N6/c27-24(28)18-5-1-2-6-19(18)26-33-22-15-31-23(29)13-20(22)25(34-26)32-14-16-8-10-17(11-9-16)21-7-3-4-12-30-21/h1-13,15,24H,14H2,(H2,29,31)(H,32,33,34). The summed E-state index contributed by atoms with van der Waals surface area (Å²) in [5, 5.41) is 3.97. The van der Waals surface area contributed by atoms with E-state index in [1.54, 1.807) is 30.5 Å². The molecule has 0 radical (unpaired) electrons. The summed E-state index contributed by atoms with van der Waals surface area (Å²) in [6.07, 6.45) is 0.636. The van der Waals surface area contributed by atoms with Crippen LogP contribution in [0.5, 0.6) is 0 Å². The SMILES string of the molecule is Nc1cc2c(NCc3ccc(-c4ccccn4)cc3)nc(-c3ccccc3C(F)F)nc2cn1. The van der Waals surface area contributed by atoms with Crippen LogP contribution in [0.3, 0.4) is 0 Å². The molecule has 3 N–H and O–H groups in total. The van der Waals surface area contributed by atoms with Crippen molar-refractivity contribution in [3.63, 3.8) is 0 Å². The maximum absolute atomic E-state index is 13.6. The molecule has 0 spiro atoms. The average molecular weight is 454 g/mol. The van der Waals surface area contributed by atoms with Crippen molar-refractivity contribution in [2.24, 2.45) is 0 Å². The number of nitrogens with one attached hydrogen (secondary N) is 1. The first-order chi connectivity index (χ1) is 16.6. The van der Waals surface area contributed by atoms with Crippen LogP contribution in [-0.2, 0) is 6.54 Å². The predicted octanol–water partition coefficient (Wildman–Crippen LogP) is 5.89. The predicted molar refractivity (Wildman–Crippen MR) is 129 cm³/mol. The lowest BCUT2D eigenvalue weighted by Gasteiger charge is -2.13. The Balaban J connectivity index is 1.48. The van der Waals surface area contributed by atoms with Gasteiger partial charge in [0.05, 0.1) is 17.4 Å². The lowest BCUT2D eigenvalue weighted by molar-refractivity contribution is 0.152. The number of nitrogen functional groups attached to an aromatic ring is 1. The number of fused-ring (bicyclic) bond motifs is 1. The first-order valence-corrected chi connectivity index (χ1v) is 10.6. The smallest absolute Gasteiger partial charge is 0.264 e. The molecule has 6 nitrogen and oxygen atoms in total. The summed E-state index contributed by atoms with van der Waals surface area (Å²) in [6, 6.07) is 21.7. The number of rotatable bonds is 6. The molecule has 2 aromatic carbocycles. The summed E-state index contributed by atoms with van der Waals surface area (Å²) >= 11 is 0. The molecule has 0 unspecified atom stereocenters. The minimum absolute atomic E-state index is 0.124. The minimum atomic E-state index is -2.64. The summed E-state index contributed by atoms with van der Waals surface area (Å²) in [5.74, 6) is 1.01. The fourth-order valence-corrected chi connectivity index (χ4v) is 3.71. The number of benzene rings is 2. The van der Waals surface area contributed by atoms with E-state index in [1.165, 1.54) is 12.3 Å². The second kappa shape index (κ2) is 9.19. The number of nitrogens with zero attached hydrogens (tertiary/aromatic N) is 4. The van der Waals surface area contributed by atoms with Gasteiger partial charge in [0.2, 0.25) is 0 Å². The topological polar surface area (TPSA) is 89.6 Å². The molecule has 0 saturated carbocycles. The molecular formula is C26H20F2N6. The van der Waals surface area contributed by atoms with Crippen molar-refractivity contribution in [1.82, 2.24) is 19.9 Å². The molecule has 0 aliphatic carbocycles. The average Bonchev–Trinajstić information content (AvgIpc) is 2.88. The fraction of sp³-hybridized carbons (Fsp3) is 0.0769. The number of anilines is 2. The van der Waals surface area contributed by atoms with E-state index in [9.17, 15) is 8.78 Å². The molecule has 5 rings (SSSR count). The molecule has 0 atom stereocenters. The molecule has 0 saturated heterocycles. The minimum Gasteiger partial charge on any atom is -0.384 e. The molecule has 3 heterocycles. The molecule has 0 aliphatic heterocycles. The van der Waals surface area contributed by atoms with E-state index in [1.807, 2.05) is 42.5 Å². The molecule has 0 fully saturated rings. The third kappa shape index (κ3) is 4.38. The zero-order valence-electron chi connectivity index (χ0n) is 18.0. The number of nitrogens with two attached hydrogens (primary N) is 1. The molecule has 3 aromatic heterocycles. The van der Waals surface area contributed by atoms with Crippen molar-refractivity contribution < 1.29 is 8.78 Å². The van der Waals surface area contributed by atoms with E-state index < -0.39 is 6.43 Å². The maximum Gasteiger partial charge on any atom is 0.264 e. The van der Waals surface area contributed by atoms with Gasteiger partial charge in [0, 0.05) is 34.8 Å². The highest BCUT2D eigenvalue weighted by Gasteiger charge is 2.18. The highest BCUT2D eigenvalue weighted by atomic mass is 19.3. The van der Waals surface area contributed by atoms with Crippen LogP contribution in [0.2, 0.25) is 0 Å². The normalized spacial score (nSPS) is 11.1. The van der Waals surface area contributed by atoms with Crippen molar-refractivity contribution in [2.45, 2.75) is 13.0 Å². The van der Waals surface area contributed by atoms with Gasteiger partial charge in [-0.1, -0.05) is 54.6 Å². The van der Waals surface area contributed by atoms with Gasteiger partial charge in [-0.15, -0.1) is 0 Å². The Bertz CT molecular complexity index is 1440. The van der Waals surface area contributed by atoms with Gasteiger partial charge in [0.25, 0.3) is 6.43 Å². The Morgan fingerprint density at radius 1 is 0.882 bits per heavy atom. The van der Waals surface area contributed by atoms with Crippen molar-refractivity contribution in [2.75, 3.05) is 11.1 Å². The van der Waals surface area contributed by atoms with Gasteiger partial charge in [-0.05, 0) is 23.8 Å². The van der Waals surface area contributed by atoms with Crippen molar-refractivity contribution >= 4 is 22.5 Å². The van der Waals surface area contributed by atoms with E-state index in [4.69, 9.17) is 5.73 Å². The van der Waals surface area contributed by atoms with E-state index >= 15 is 0 Å². The zero-order chi connectivity index (χ0) is 23.5. The van der Waals surface area contributed by atoms with Crippen LogP contribution in [0.25, 0.3) is 33.5 Å². The molecular weight excluding hydrogens is 434 g/mol. The quantitative estimate of drug-likeness (QED) is 0.333. The van der Waals surface area contributed by atoms with Gasteiger partial charge in [-0.3, -0.25) is 4.98 Å². The van der Waals surface area contributed by atoms with Crippen LogP contribution in [0, 0.1) is 0 Å². The van der Waals surface area contributed by atoms with Gasteiger partial charge in [-0.2, -0.15) is 0 Å². The van der Waals surface area contributed by atoms with Gasteiger partial charge < -0.3 is 11.1 Å². The summed E-state index contributed by atoms with van der Waals surface area (Å²) in [4.78, 5) is 17.5. The molecule has 168 valence electrons. The van der Waals surface area contributed by atoms with Gasteiger partial charge in [0.15, 0.2) is 5.82 Å². The van der Waals surface area contributed by atoms with Crippen molar-refractivity contribution in [3.8, 4) is 22.6 Å². The second-order valence-corrected chi connectivity index (χ2v) is 7.68. The largest absolute Gasteiger partial charge is 0.384 e. The van der Waals surface area contributed by atoms with Gasteiger partial charge >= 0.3 is 0 Å². The third-order valence-corrected chi connectivity index (χ3v) is 5.41. The lowest BCUT2D eigenvalue weighted by atomic mass is 10.1. The Kier molecular flexibility index (Phi) is 5.78. The van der Waals surface area contributed by atoms with E-state index in [-0.39, 0.29) is 17.0 Å². The number of hydrogen-bond acceptors (Lipinski definition) is 6. The molecule has 8 heteroatoms. The molecule has 0 aliphatic rings. The Labute approximate surface area is 194 Å². The van der Waals surface area contributed by atoms with E-state index in [2.05, 4.69) is 25.3 Å². The molecule has 0 amide bonds. The van der Waals surface area contributed by atoms with E-state index in [0.29, 0.717) is 29.1 Å². The van der Waals surface area contributed by atoms with Crippen LogP contribution in [-0.4, -0.2) is 19.9 Å². The number of halogens is 2. The summed E-state index contributed by atoms with van der Waals surface area (Å²) in [7, 11) is 0. The first-order valence-electron chi connectivity index (χ1n) is 10.6. The Hall–Kier alpha value is -4.46. The monoisotopic (exact) mass is 454 g/mol. The Morgan fingerprint density at radius 3 is 2.44 bits per heavy atom. The van der Waals surface area contributed by atoms with Crippen molar-refractivity contribution in [1.29, 1.82) is 0 Å². The van der Waals surface area contributed by atoms with Crippen LogP contribution >= 0.6 is 0 Å². The van der Waals surface area contributed by atoms with E-state index in [0.717, 1.165) is 16.8 Å². The summed E-state index contributed by atoms with van der Waals surface area (Å²) < 4.78 is 27.2. The van der Waals surface area contributed by atoms with Gasteiger partial charge in [0.1, 0.15) is 11.6 Å². The number of pyridine rings is 2.